The number of benzene rings is 1. The number of hydrogen-bond donors (Lipinski definition) is 3. The molecule has 1 amide bonds. The van der Waals surface area contributed by atoms with E-state index < -0.39 is 0 Å². The Labute approximate surface area is 122 Å². The first kappa shape index (κ1) is 13.5. The number of aliphatic hydroxyl groups is 1. The molecule has 2 atom stereocenters. The van der Waals surface area contributed by atoms with E-state index in [-0.39, 0.29) is 30.1 Å². The van der Waals surface area contributed by atoms with E-state index >= 15 is 0 Å². The van der Waals surface area contributed by atoms with Crippen LogP contribution in [0.4, 0.5) is 11.4 Å². The number of ether oxygens (including phenoxy) is 1. The Hall–Kier alpha value is -1.46. The SMILES string of the molecule is CC1(C)C(O)CC1Nc1cc2c(cc1Cl)NC(=O)CO2. The van der Waals surface area contributed by atoms with Crippen LogP contribution in [0.3, 0.4) is 0 Å². The number of nitrogens with one attached hydrogen (secondary N) is 2. The minimum atomic E-state index is -0.299. The van der Waals surface area contributed by atoms with Crippen LogP contribution in [0, 0.1) is 5.41 Å². The first-order chi connectivity index (χ1) is 9.38. The Morgan fingerprint density at radius 1 is 1.50 bits per heavy atom. The standard InChI is InChI=1S/C14H17ClN2O3/c1-14(2)11(5-12(14)18)16-8-4-10-9(3-7(8)15)17-13(19)6-20-10/h3-4,11-12,16,18H,5-6H2,1-2H3,(H,17,19). The molecule has 0 bridgehead atoms. The van der Waals surface area contributed by atoms with Crippen molar-refractivity contribution in [3.05, 3.63) is 17.2 Å². The average Bonchev–Trinajstić information content (AvgIpc) is 2.39. The summed E-state index contributed by atoms with van der Waals surface area (Å²) in [5, 5.41) is 16.4. The number of halogens is 1. The highest BCUT2D eigenvalue weighted by Crippen LogP contribution is 2.44. The summed E-state index contributed by atoms with van der Waals surface area (Å²) >= 11 is 6.23. The summed E-state index contributed by atoms with van der Waals surface area (Å²) in [5.74, 6) is 0.423. The summed E-state index contributed by atoms with van der Waals surface area (Å²) in [7, 11) is 0. The third-order valence-corrected chi connectivity index (χ3v) is 4.56. The summed E-state index contributed by atoms with van der Waals surface area (Å²) in [6.45, 7) is 4.05. The van der Waals surface area contributed by atoms with Crippen LogP contribution in [0.1, 0.15) is 20.3 Å². The molecule has 3 N–H and O–H groups in total. The number of anilines is 2. The molecule has 20 heavy (non-hydrogen) atoms. The van der Waals surface area contributed by atoms with Crippen molar-refractivity contribution >= 4 is 28.9 Å². The zero-order chi connectivity index (χ0) is 14.5. The molecule has 1 heterocycles. The van der Waals surface area contributed by atoms with Gasteiger partial charge in [-0.05, 0) is 12.5 Å². The van der Waals surface area contributed by atoms with Crippen molar-refractivity contribution in [3.63, 3.8) is 0 Å². The molecule has 1 aliphatic carbocycles. The predicted molar refractivity (Wildman–Crippen MR) is 77.4 cm³/mol. The fraction of sp³-hybridized carbons (Fsp3) is 0.500. The van der Waals surface area contributed by atoms with Crippen molar-refractivity contribution < 1.29 is 14.6 Å². The minimum absolute atomic E-state index is 0.0156. The van der Waals surface area contributed by atoms with E-state index in [9.17, 15) is 9.90 Å². The molecule has 1 aromatic carbocycles. The van der Waals surface area contributed by atoms with E-state index in [4.69, 9.17) is 16.3 Å². The molecule has 1 aromatic rings. The molecule has 0 spiro atoms. The Morgan fingerprint density at radius 2 is 2.25 bits per heavy atom. The average molecular weight is 297 g/mol. The number of fused-ring (bicyclic) bond motifs is 1. The van der Waals surface area contributed by atoms with Gasteiger partial charge in [0.1, 0.15) is 5.75 Å². The molecule has 2 unspecified atom stereocenters. The lowest BCUT2D eigenvalue weighted by Gasteiger charge is -2.50. The van der Waals surface area contributed by atoms with Crippen LogP contribution in [0.25, 0.3) is 0 Å². The number of carbonyl (C=O) groups is 1. The van der Waals surface area contributed by atoms with E-state index in [0.29, 0.717) is 22.9 Å². The first-order valence-corrected chi connectivity index (χ1v) is 6.96. The molecule has 0 radical (unpaired) electrons. The Morgan fingerprint density at radius 3 is 2.90 bits per heavy atom. The van der Waals surface area contributed by atoms with Crippen LogP contribution in [-0.4, -0.2) is 29.8 Å². The maximum absolute atomic E-state index is 11.3. The predicted octanol–water partition coefficient (Wildman–Crippen LogP) is 2.24. The van der Waals surface area contributed by atoms with Gasteiger partial charge in [0.05, 0.1) is 22.5 Å². The maximum Gasteiger partial charge on any atom is 0.262 e. The maximum atomic E-state index is 11.3. The quantitative estimate of drug-likeness (QED) is 0.783. The molecular formula is C14H17ClN2O3. The lowest BCUT2D eigenvalue weighted by Crippen LogP contribution is -2.56. The highest BCUT2D eigenvalue weighted by atomic mass is 35.5. The smallest absolute Gasteiger partial charge is 0.262 e. The normalized spacial score (nSPS) is 26.9. The fourth-order valence-electron chi connectivity index (χ4n) is 2.55. The first-order valence-electron chi connectivity index (χ1n) is 6.58. The van der Waals surface area contributed by atoms with Gasteiger partial charge in [0, 0.05) is 17.5 Å². The number of aliphatic hydroxyl groups excluding tert-OH is 1. The number of rotatable bonds is 2. The monoisotopic (exact) mass is 296 g/mol. The van der Waals surface area contributed by atoms with E-state index in [0.717, 1.165) is 5.69 Å². The van der Waals surface area contributed by atoms with Crippen molar-refractivity contribution in [2.45, 2.75) is 32.4 Å². The molecule has 108 valence electrons. The van der Waals surface area contributed by atoms with Gasteiger partial charge in [-0.2, -0.15) is 0 Å². The van der Waals surface area contributed by atoms with Crippen molar-refractivity contribution in [1.82, 2.24) is 0 Å². The van der Waals surface area contributed by atoms with Crippen LogP contribution in [0.5, 0.6) is 5.75 Å². The summed E-state index contributed by atoms with van der Waals surface area (Å²) in [4.78, 5) is 11.3. The Balaban J connectivity index is 1.83. The zero-order valence-electron chi connectivity index (χ0n) is 11.4. The third-order valence-electron chi connectivity index (χ3n) is 4.25. The lowest BCUT2D eigenvalue weighted by atomic mass is 9.64. The van der Waals surface area contributed by atoms with Crippen molar-refractivity contribution in [2.75, 3.05) is 17.2 Å². The second-order valence-corrected chi connectivity index (χ2v) is 6.34. The largest absolute Gasteiger partial charge is 0.482 e. The molecule has 0 saturated heterocycles. The van der Waals surface area contributed by atoms with Gasteiger partial charge in [-0.15, -0.1) is 0 Å². The molecule has 3 rings (SSSR count). The van der Waals surface area contributed by atoms with Gasteiger partial charge >= 0.3 is 0 Å². The molecule has 1 aliphatic heterocycles. The van der Waals surface area contributed by atoms with Crippen molar-refractivity contribution in [3.8, 4) is 5.75 Å². The van der Waals surface area contributed by atoms with Crippen molar-refractivity contribution in [2.24, 2.45) is 5.41 Å². The fourth-order valence-corrected chi connectivity index (χ4v) is 2.76. The summed E-state index contributed by atoms with van der Waals surface area (Å²) < 4.78 is 5.38. The summed E-state index contributed by atoms with van der Waals surface area (Å²) in [6, 6.07) is 3.63. The number of amides is 1. The van der Waals surface area contributed by atoms with Crippen LogP contribution < -0.4 is 15.4 Å². The van der Waals surface area contributed by atoms with Crippen LogP contribution in [0.2, 0.25) is 5.02 Å². The molecule has 6 heteroatoms. The van der Waals surface area contributed by atoms with Crippen molar-refractivity contribution in [1.29, 1.82) is 0 Å². The molecule has 1 saturated carbocycles. The molecule has 5 nitrogen and oxygen atoms in total. The van der Waals surface area contributed by atoms with Crippen LogP contribution in [0.15, 0.2) is 12.1 Å². The highest BCUT2D eigenvalue weighted by Gasteiger charge is 2.47. The molecular weight excluding hydrogens is 280 g/mol. The zero-order valence-corrected chi connectivity index (χ0v) is 12.1. The van der Waals surface area contributed by atoms with E-state index in [2.05, 4.69) is 10.6 Å². The molecule has 0 aromatic heterocycles. The minimum Gasteiger partial charge on any atom is -0.482 e. The molecule has 1 fully saturated rings. The summed E-state index contributed by atoms with van der Waals surface area (Å²) in [5.41, 5.74) is 1.16. The van der Waals surface area contributed by atoms with Crippen LogP contribution in [-0.2, 0) is 4.79 Å². The Bertz CT molecular complexity index is 574. The van der Waals surface area contributed by atoms with E-state index in [1.807, 2.05) is 13.8 Å². The van der Waals surface area contributed by atoms with Crippen LogP contribution >= 0.6 is 11.6 Å². The lowest BCUT2D eigenvalue weighted by molar-refractivity contribution is -0.118. The van der Waals surface area contributed by atoms with Gasteiger partial charge in [0.2, 0.25) is 0 Å². The van der Waals surface area contributed by atoms with Gasteiger partial charge in [-0.25, -0.2) is 0 Å². The van der Waals surface area contributed by atoms with E-state index in [1.54, 1.807) is 12.1 Å². The van der Waals surface area contributed by atoms with Gasteiger partial charge < -0.3 is 20.5 Å². The molecule has 2 aliphatic rings. The van der Waals surface area contributed by atoms with E-state index in [1.165, 1.54) is 0 Å². The number of carbonyl (C=O) groups excluding carboxylic acids is 1. The van der Waals surface area contributed by atoms with Gasteiger partial charge in [0.25, 0.3) is 5.91 Å². The van der Waals surface area contributed by atoms with Gasteiger partial charge in [-0.3, -0.25) is 4.79 Å². The topological polar surface area (TPSA) is 70.6 Å². The number of hydrogen-bond acceptors (Lipinski definition) is 4. The third kappa shape index (κ3) is 2.11. The van der Waals surface area contributed by atoms with Gasteiger partial charge in [0.15, 0.2) is 6.61 Å². The highest BCUT2D eigenvalue weighted by molar-refractivity contribution is 6.33. The van der Waals surface area contributed by atoms with Gasteiger partial charge in [-0.1, -0.05) is 25.4 Å². The second kappa shape index (κ2) is 4.53. The summed E-state index contributed by atoms with van der Waals surface area (Å²) in [6.07, 6.45) is 0.393. The second-order valence-electron chi connectivity index (χ2n) is 5.93. The Kier molecular flexibility index (Phi) is 3.06.